The van der Waals surface area contributed by atoms with Crippen LogP contribution in [0, 0.1) is 0 Å². The summed E-state index contributed by atoms with van der Waals surface area (Å²) in [5.74, 6) is -1.20. The van der Waals surface area contributed by atoms with E-state index in [4.69, 9.17) is 4.74 Å². The van der Waals surface area contributed by atoms with Crippen LogP contribution in [0.5, 0.6) is 11.5 Å². The van der Waals surface area contributed by atoms with Crippen LogP contribution in [0.25, 0.3) is 5.70 Å². The van der Waals surface area contributed by atoms with Crippen molar-refractivity contribution < 1.29 is 19.4 Å². The second-order valence-electron chi connectivity index (χ2n) is 8.00. The molecule has 3 N–H and O–H groups in total. The number of hydrazone groups is 1. The molecule has 1 amide bonds. The van der Waals surface area contributed by atoms with E-state index in [2.05, 4.69) is 21.9 Å². The van der Waals surface area contributed by atoms with E-state index >= 15 is 0 Å². The Kier molecular flexibility index (Phi) is 5.75. The van der Waals surface area contributed by atoms with Crippen molar-refractivity contribution in [2.24, 2.45) is 5.10 Å². The molecule has 1 aliphatic carbocycles. The summed E-state index contributed by atoms with van der Waals surface area (Å²) in [5.41, 5.74) is 5.68. The van der Waals surface area contributed by atoms with Crippen molar-refractivity contribution in [2.75, 3.05) is 7.11 Å². The van der Waals surface area contributed by atoms with Crippen LogP contribution in [-0.2, 0) is 16.0 Å². The average Bonchev–Trinajstić information content (AvgIpc) is 3.21. The molecule has 0 aromatic heterocycles. The van der Waals surface area contributed by atoms with Gasteiger partial charge in [0.2, 0.25) is 5.78 Å². The normalized spacial score (nSPS) is 18.0. The van der Waals surface area contributed by atoms with Crippen molar-refractivity contribution in [3.8, 4) is 11.5 Å². The number of phenols is 1. The largest absolute Gasteiger partial charge is 0.504 e. The van der Waals surface area contributed by atoms with Gasteiger partial charge in [0.1, 0.15) is 0 Å². The first-order valence-corrected chi connectivity index (χ1v) is 10.3. The van der Waals surface area contributed by atoms with E-state index in [9.17, 15) is 14.7 Å². The van der Waals surface area contributed by atoms with E-state index in [0.717, 1.165) is 37.7 Å². The van der Waals surface area contributed by atoms with Gasteiger partial charge in [-0.2, -0.15) is 5.10 Å². The number of hydrogen-bond donors (Lipinski definition) is 3. The number of ketones is 1. The maximum Gasteiger partial charge on any atom is 0.311 e. The van der Waals surface area contributed by atoms with Gasteiger partial charge in [-0.05, 0) is 48.6 Å². The molecule has 160 valence electrons. The Balaban J connectivity index is 1.48. The fourth-order valence-corrected chi connectivity index (χ4v) is 4.36. The molecular formula is C24H25N3O4. The van der Waals surface area contributed by atoms with Gasteiger partial charge in [-0.15, -0.1) is 0 Å². The number of hydrogen-bond acceptors (Lipinski definition) is 6. The molecule has 0 bridgehead atoms. The molecule has 2 aromatic carbocycles. The van der Waals surface area contributed by atoms with Crippen LogP contribution < -0.4 is 15.5 Å². The Hall–Kier alpha value is -3.61. The zero-order valence-electron chi connectivity index (χ0n) is 17.4. The van der Waals surface area contributed by atoms with E-state index in [1.165, 1.54) is 31.0 Å². The number of rotatable bonds is 5. The average molecular weight is 419 g/mol. The summed E-state index contributed by atoms with van der Waals surface area (Å²) in [7, 11) is 1.44. The number of aromatic hydroxyl groups is 1. The van der Waals surface area contributed by atoms with Gasteiger partial charge in [0.25, 0.3) is 0 Å². The predicted molar refractivity (Wildman–Crippen MR) is 118 cm³/mol. The van der Waals surface area contributed by atoms with Crippen molar-refractivity contribution >= 4 is 23.6 Å². The molecule has 31 heavy (non-hydrogen) atoms. The molecule has 0 radical (unpaired) electrons. The van der Waals surface area contributed by atoms with Gasteiger partial charge in [0.15, 0.2) is 11.5 Å². The number of fused-ring (bicyclic) bond motifs is 1. The quantitative estimate of drug-likeness (QED) is 0.299. The number of methoxy groups -OCH3 is 1. The van der Waals surface area contributed by atoms with Crippen molar-refractivity contribution in [1.82, 2.24) is 10.7 Å². The lowest BCUT2D eigenvalue weighted by Gasteiger charge is -2.38. The van der Waals surface area contributed by atoms with Crippen molar-refractivity contribution in [1.29, 1.82) is 0 Å². The monoisotopic (exact) mass is 419 g/mol. The first kappa shape index (κ1) is 20.7. The van der Waals surface area contributed by atoms with Gasteiger partial charge in [-0.1, -0.05) is 37.1 Å². The molecule has 1 aliphatic heterocycles. The van der Waals surface area contributed by atoms with Gasteiger partial charge in [0, 0.05) is 22.9 Å². The summed E-state index contributed by atoms with van der Waals surface area (Å²) in [5, 5.41) is 17.0. The minimum Gasteiger partial charge on any atom is -0.504 e. The summed E-state index contributed by atoms with van der Waals surface area (Å²) in [4.78, 5) is 24.9. The standard InChI is InChI=1S/C24H25N3O4/c1-31-22-12-16(8-9-20(22)28)15-25-27-23(30)21(29)13-19-18-7-3-2-6-17(18)14-24(26-19)10-4-5-11-24/h2-3,6-9,12-13,15,26,28H,4-5,10-11,14H2,1H3,(H,27,30)/b19-13?,25-15+. The smallest absolute Gasteiger partial charge is 0.311 e. The van der Waals surface area contributed by atoms with Crippen molar-refractivity contribution in [3.63, 3.8) is 0 Å². The number of phenolic OH excluding ortho intramolecular Hbond substituents is 1. The topological polar surface area (TPSA) is 100 Å². The molecule has 4 rings (SSSR count). The van der Waals surface area contributed by atoms with Crippen LogP contribution in [-0.4, -0.2) is 35.7 Å². The third kappa shape index (κ3) is 4.45. The fourth-order valence-electron chi connectivity index (χ4n) is 4.36. The molecule has 1 fully saturated rings. The number of amides is 1. The maximum atomic E-state index is 12.6. The summed E-state index contributed by atoms with van der Waals surface area (Å²) in [6.45, 7) is 0. The molecular weight excluding hydrogens is 394 g/mol. The molecule has 2 aromatic rings. The number of carbonyl (C=O) groups is 2. The Morgan fingerprint density at radius 3 is 2.74 bits per heavy atom. The van der Waals surface area contributed by atoms with Gasteiger partial charge in [0.05, 0.1) is 13.3 Å². The van der Waals surface area contributed by atoms with E-state index < -0.39 is 11.7 Å². The minimum atomic E-state index is -0.820. The summed E-state index contributed by atoms with van der Waals surface area (Å²) < 4.78 is 5.04. The summed E-state index contributed by atoms with van der Waals surface area (Å²) >= 11 is 0. The van der Waals surface area contributed by atoms with Crippen LogP contribution in [0.1, 0.15) is 42.4 Å². The lowest BCUT2D eigenvalue weighted by Crippen LogP contribution is -2.47. The number of nitrogens with one attached hydrogen (secondary N) is 2. The Morgan fingerprint density at radius 1 is 1.19 bits per heavy atom. The zero-order chi connectivity index (χ0) is 21.8. The molecule has 2 aliphatic rings. The van der Waals surface area contributed by atoms with E-state index in [1.807, 2.05) is 18.2 Å². The van der Waals surface area contributed by atoms with Crippen LogP contribution in [0.3, 0.4) is 0 Å². The lowest BCUT2D eigenvalue weighted by molar-refractivity contribution is -0.135. The molecule has 7 nitrogen and oxygen atoms in total. The van der Waals surface area contributed by atoms with Gasteiger partial charge in [-0.25, -0.2) is 5.43 Å². The second-order valence-corrected chi connectivity index (χ2v) is 8.00. The van der Waals surface area contributed by atoms with Crippen LogP contribution >= 0.6 is 0 Å². The minimum absolute atomic E-state index is 0.00536. The highest BCUT2D eigenvalue weighted by Crippen LogP contribution is 2.39. The van der Waals surface area contributed by atoms with Crippen LogP contribution in [0.2, 0.25) is 0 Å². The SMILES string of the molecule is COc1cc(/C=N/NC(=O)C(=O)C=C2NC3(CCCC3)Cc3ccccc32)ccc1O. The summed E-state index contributed by atoms with van der Waals surface area (Å²) in [6.07, 6.45) is 8.11. The highest BCUT2D eigenvalue weighted by atomic mass is 16.5. The second kappa shape index (κ2) is 8.63. The van der Waals surface area contributed by atoms with Gasteiger partial charge < -0.3 is 15.2 Å². The predicted octanol–water partition coefficient (Wildman–Crippen LogP) is 2.92. The Morgan fingerprint density at radius 2 is 1.97 bits per heavy atom. The molecule has 1 saturated carbocycles. The van der Waals surface area contributed by atoms with Crippen molar-refractivity contribution in [3.05, 3.63) is 65.2 Å². The lowest BCUT2D eigenvalue weighted by atomic mass is 9.82. The third-order valence-corrected chi connectivity index (χ3v) is 5.88. The molecule has 0 atom stereocenters. The highest BCUT2D eigenvalue weighted by molar-refractivity contribution is 6.41. The Labute approximate surface area is 180 Å². The fraction of sp³-hybridized carbons (Fsp3) is 0.292. The summed E-state index contributed by atoms with van der Waals surface area (Å²) in [6, 6.07) is 12.6. The van der Waals surface area contributed by atoms with Crippen LogP contribution in [0.15, 0.2) is 53.6 Å². The number of ether oxygens (including phenoxy) is 1. The van der Waals surface area contributed by atoms with Gasteiger partial charge >= 0.3 is 5.91 Å². The van der Waals surface area contributed by atoms with E-state index in [-0.39, 0.29) is 11.3 Å². The molecule has 1 spiro atoms. The highest BCUT2D eigenvalue weighted by Gasteiger charge is 2.38. The molecule has 1 heterocycles. The first-order chi connectivity index (χ1) is 15.0. The van der Waals surface area contributed by atoms with Crippen molar-refractivity contribution in [2.45, 2.75) is 37.6 Å². The molecule has 0 saturated heterocycles. The maximum absolute atomic E-state index is 12.6. The molecule has 7 heteroatoms. The number of benzene rings is 2. The zero-order valence-corrected chi connectivity index (χ0v) is 17.4. The van der Waals surface area contributed by atoms with E-state index in [0.29, 0.717) is 17.0 Å². The first-order valence-electron chi connectivity index (χ1n) is 10.3. The van der Waals surface area contributed by atoms with Gasteiger partial charge in [-0.3, -0.25) is 9.59 Å². The number of carbonyl (C=O) groups excluding carboxylic acids is 2. The van der Waals surface area contributed by atoms with E-state index in [1.54, 1.807) is 12.1 Å². The third-order valence-electron chi connectivity index (χ3n) is 5.88. The van der Waals surface area contributed by atoms with Crippen LogP contribution in [0.4, 0.5) is 0 Å². The number of nitrogens with zero attached hydrogens (tertiary/aromatic N) is 1. The Bertz CT molecular complexity index is 1070. The molecule has 0 unspecified atom stereocenters.